The third kappa shape index (κ3) is 6.99. The van der Waals surface area contributed by atoms with Gasteiger partial charge in [-0.2, -0.15) is 0 Å². The van der Waals surface area contributed by atoms with Crippen molar-refractivity contribution in [2.75, 3.05) is 0 Å². The Labute approximate surface area is 170 Å². The van der Waals surface area contributed by atoms with Gasteiger partial charge < -0.3 is 0 Å². The summed E-state index contributed by atoms with van der Waals surface area (Å²) in [5, 5.41) is 2.86. The van der Waals surface area contributed by atoms with Gasteiger partial charge in [0.05, 0.1) is 0 Å². The standard InChI is InChI=1S/C23H35As.ClH/c1-3-5-6-7-8-9-10-18-23(24)20(4-2)22-17-13-15-19-14-11-12-16-21(19)22;/h11-17,20,23H,3-10,18,24H2,1-2H3;1H. The molecule has 0 radical (unpaired) electrons. The molecule has 0 N–H and O–H groups in total. The van der Waals surface area contributed by atoms with Crippen LogP contribution in [0.2, 0.25) is 4.71 Å². The van der Waals surface area contributed by atoms with Gasteiger partial charge in [0.1, 0.15) is 0 Å². The van der Waals surface area contributed by atoms with Crippen molar-refractivity contribution in [2.45, 2.75) is 82.3 Å². The van der Waals surface area contributed by atoms with Crippen LogP contribution in [0.5, 0.6) is 0 Å². The number of hydrogen-bond acceptors (Lipinski definition) is 0. The van der Waals surface area contributed by atoms with E-state index < -0.39 is 0 Å². The Morgan fingerprint density at radius 2 is 1.44 bits per heavy atom. The van der Waals surface area contributed by atoms with Crippen molar-refractivity contribution in [3.05, 3.63) is 48.0 Å². The first kappa shape index (κ1) is 22.6. The first-order chi connectivity index (χ1) is 11.8. The van der Waals surface area contributed by atoms with E-state index in [0.717, 1.165) is 10.6 Å². The van der Waals surface area contributed by atoms with Gasteiger partial charge in [0, 0.05) is 0 Å². The Hall–Kier alpha value is -0.452. The third-order valence-electron chi connectivity index (χ3n) is 5.32. The summed E-state index contributed by atoms with van der Waals surface area (Å²) in [6, 6.07) is 15.8. The fourth-order valence-electron chi connectivity index (χ4n) is 3.87. The smallest absolute Gasteiger partial charge is 0.147 e. The summed E-state index contributed by atoms with van der Waals surface area (Å²) in [7, 11) is 0. The van der Waals surface area contributed by atoms with Gasteiger partial charge in [-0.3, -0.25) is 0 Å². The van der Waals surface area contributed by atoms with E-state index in [4.69, 9.17) is 0 Å². The van der Waals surface area contributed by atoms with Crippen LogP contribution in [0.4, 0.5) is 0 Å². The van der Waals surface area contributed by atoms with Crippen LogP contribution in [0.3, 0.4) is 0 Å². The average Bonchev–Trinajstić information content (AvgIpc) is 2.62. The second-order valence-corrected chi connectivity index (χ2v) is 8.95. The number of unbranched alkanes of at least 4 members (excludes halogenated alkanes) is 6. The van der Waals surface area contributed by atoms with Gasteiger partial charge in [0.25, 0.3) is 0 Å². The maximum Gasteiger partial charge on any atom is -0.147 e. The number of rotatable bonds is 11. The van der Waals surface area contributed by atoms with Crippen LogP contribution >= 0.6 is 12.4 Å². The minimum absolute atomic E-state index is 0. The number of fused-ring (bicyclic) bond motifs is 1. The van der Waals surface area contributed by atoms with Crippen LogP contribution in [0, 0.1) is 0 Å². The molecule has 0 amide bonds. The molecule has 0 nitrogen and oxygen atoms in total. The molecule has 0 fully saturated rings. The Kier molecular flexibility index (Phi) is 11.6. The zero-order valence-corrected chi connectivity index (χ0v) is 19.3. The Morgan fingerprint density at radius 3 is 2.16 bits per heavy atom. The molecule has 140 valence electrons. The molecule has 3 unspecified atom stereocenters. The molecule has 0 aromatic heterocycles. The van der Waals surface area contributed by atoms with Gasteiger partial charge >= 0.3 is 158 Å². The van der Waals surface area contributed by atoms with E-state index in [0.29, 0.717) is 0 Å². The van der Waals surface area contributed by atoms with Crippen LogP contribution in [0.15, 0.2) is 42.5 Å². The van der Waals surface area contributed by atoms with Crippen molar-refractivity contribution in [3.8, 4) is 0 Å². The van der Waals surface area contributed by atoms with Gasteiger partial charge in [-0.15, -0.1) is 12.4 Å². The minimum atomic E-state index is 0. The first-order valence-electron chi connectivity index (χ1n) is 10.0. The van der Waals surface area contributed by atoms with Gasteiger partial charge in [0.15, 0.2) is 0 Å². The summed E-state index contributed by atoms with van der Waals surface area (Å²) >= 11 is 1.95. The van der Waals surface area contributed by atoms with Crippen molar-refractivity contribution in [1.29, 1.82) is 0 Å². The van der Waals surface area contributed by atoms with Gasteiger partial charge in [-0.05, 0) is 0 Å². The molecule has 0 saturated carbocycles. The summed E-state index contributed by atoms with van der Waals surface area (Å²) in [4.78, 5) is 0. The van der Waals surface area contributed by atoms with E-state index in [1.165, 1.54) is 68.6 Å². The van der Waals surface area contributed by atoms with Crippen LogP contribution in [-0.4, -0.2) is 16.9 Å². The topological polar surface area (TPSA) is 0 Å². The normalized spacial score (nSPS) is 13.4. The van der Waals surface area contributed by atoms with E-state index >= 15 is 0 Å². The zero-order valence-electron chi connectivity index (χ0n) is 16.0. The predicted molar refractivity (Wildman–Crippen MR) is 119 cm³/mol. The number of hydrogen-bond donors (Lipinski definition) is 0. The molecule has 0 saturated heterocycles. The van der Waals surface area contributed by atoms with Crippen LogP contribution in [0.25, 0.3) is 10.8 Å². The number of halogens is 1. The molecule has 0 aliphatic carbocycles. The summed E-state index contributed by atoms with van der Waals surface area (Å²) in [6.07, 6.45) is 12.6. The number of benzene rings is 2. The van der Waals surface area contributed by atoms with E-state index in [-0.39, 0.29) is 12.4 Å². The summed E-state index contributed by atoms with van der Waals surface area (Å²) in [5.74, 6) is 0.719. The van der Waals surface area contributed by atoms with Gasteiger partial charge in [-0.25, -0.2) is 0 Å². The van der Waals surface area contributed by atoms with Crippen molar-refractivity contribution >= 4 is 40.0 Å². The maximum absolute atomic E-state index is 2.37. The molecule has 2 aromatic rings. The Balaban J connectivity index is 0.00000312. The molecule has 25 heavy (non-hydrogen) atoms. The van der Waals surface area contributed by atoms with Gasteiger partial charge in [-0.1, -0.05) is 0 Å². The summed E-state index contributed by atoms with van der Waals surface area (Å²) in [6.45, 7) is 4.66. The quantitative estimate of drug-likeness (QED) is 0.263. The van der Waals surface area contributed by atoms with Crippen LogP contribution in [-0.2, 0) is 0 Å². The monoisotopic (exact) mass is 422 g/mol. The molecular formula is C23H36AsCl. The van der Waals surface area contributed by atoms with E-state index in [1.54, 1.807) is 5.56 Å². The molecular weight excluding hydrogens is 387 g/mol. The molecule has 2 heteroatoms. The third-order valence-corrected chi connectivity index (χ3v) is 6.99. The first-order valence-corrected chi connectivity index (χ1v) is 11.4. The van der Waals surface area contributed by atoms with E-state index in [9.17, 15) is 0 Å². The maximum atomic E-state index is 2.37. The van der Waals surface area contributed by atoms with Crippen molar-refractivity contribution in [3.63, 3.8) is 0 Å². The SMILES string of the molecule is CCCCCCCCCC([AsH2])C(CC)c1cccc2ccccc12.Cl. The van der Waals surface area contributed by atoms with Crippen molar-refractivity contribution in [1.82, 2.24) is 0 Å². The molecule has 0 spiro atoms. The fourth-order valence-corrected chi connectivity index (χ4v) is 5.37. The van der Waals surface area contributed by atoms with E-state index in [1.807, 2.05) is 16.9 Å². The Morgan fingerprint density at radius 1 is 0.800 bits per heavy atom. The molecule has 0 heterocycles. The van der Waals surface area contributed by atoms with Crippen LogP contribution < -0.4 is 0 Å². The fraction of sp³-hybridized carbons (Fsp3) is 0.565. The molecule has 3 atom stereocenters. The second-order valence-electron chi connectivity index (χ2n) is 7.16. The molecule has 2 aromatic carbocycles. The predicted octanol–water partition coefficient (Wildman–Crippen LogP) is 7.32. The zero-order chi connectivity index (χ0) is 17.2. The molecule has 0 bridgehead atoms. The largest absolute Gasteiger partial charge is 0.147 e. The second kappa shape index (κ2) is 12.8. The molecule has 0 aliphatic rings. The van der Waals surface area contributed by atoms with Crippen molar-refractivity contribution < 1.29 is 0 Å². The van der Waals surface area contributed by atoms with Gasteiger partial charge in [0.2, 0.25) is 0 Å². The van der Waals surface area contributed by atoms with Crippen LogP contribution in [0.1, 0.15) is 83.1 Å². The minimum Gasteiger partial charge on any atom is -0.147 e. The summed E-state index contributed by atoms with van der Waals surface area (Å²) < 4.78 is 0.837. The van der Waals surface area contributed by atoms with Crippen molar-refractivity contribution in [2.24, 2.45) is 0 Å². The average molecular weight is 423 g/mol. The summed E-state index contributed by atoms with van der Waals surface area (Å²) in [5.41, 5.74) is 1.58. The Bertz CT molecular complexity index is 590. The molecule has 2 rings (SSSR count). The van der Waals surface area contributed by atoms with E-state index in [2.05, 4.69) is 56.3 Å². The molecule has 0 aliphatic heterocycles.